The summed E-state index contributed by atoms with van der Waals surface area (Å²) in [4.78, 5) is 50.8. The van der Waals surface area contributed by atoms with Gasteiger partial charge >= 0.3 is 5.97 Å². The molecule has 1 heterocycles. The number of carbonyl (C=O) groups is 4. The smallest absolute Gasteiger partial charge is 0.338 e. The highest BCUT2D eigenvalue weighted by Gasteiger charge is 2.37. The molecule has 2 aromatic carbocycles. The van der Waals surface area contributed by atoms with Crippen molar-refractivity contribution in [2.45, 2.75) is 31.8 Å². The Kier molecular flexibility index (Phi) is 4.73. The average molecular weight is 398 g/mol. The van der Waals surface area contributed by atoms with E-state index in [1.165, 1.54) is 18.2 Å². The molecule has 142 valence electrons. The number of amides is 2. The van der Waals surface area contributed by atoms with Gasteiger partial charge in [0.2, 0.25) is 0 Å². The van der Waals surface area contributed by atoms with E-state index >= 15 is 0 Å². The molecule has 0 saturated heterocycles. The molecule has 1 aliphatic carbocycles. The number of ether oxygens (including phenoxy) is 1. The number of fused-ring (bicyclic) bond motifs is 1. The zero-order valence-corrected chi connectivity index (χ0v) is 15.6. The lowest BCUT2D eigenvalue weighted by Gasteiger charge is -2.20. The second-order valence-corrected chi connectivity index (χ2v) is 7.22. The molecule has 0 N–H and O–H groups in total. The van der Waals surface area contributed by atoms with Gasteiger partial charge in [-0.3, -0.25) is 14.4 Å². The van der Waals surface area contributed by atoms with Crippen molar-refractivity contribution in [3.8, 4) is 0 Å². The maximum atomic E-state index is 12.8. The summed E-state index contributed by atoms with van der Waals surface area (Å²) in [6.45, 7) is 0. The molecule has 1 atom stereocenters. The Bertz CT molecular complexity index is 998. The van der Waals surface area contributed by atoms with Crippen LogP contribution in [-0.2, 0) is 9.53 Å². The number of imide groups is 1. The van der Waals surface area contributed by atoms with Crippen LogP contribution in [-0.4, -0.2) is 29.7 Å². The molecule has 2 aliphatic rings. The maximum Gasteiger partial charge on any atom is 0.338 e. The van der Waals surface area contributed by atoms with Gasteiger partial charge in [0.05, 0.1) is 22.4 Å². The quantitative estimate of drug-likeness (QED) is 0.581. The zero-order valence-electron chi connectivity index (χ0n) is 14.8. The van der Waals surface area contributed by atoms with E-state index in [0.29, 0.717) is 23.6 Å². The Morgan fingerprint density at radius 3 is 2.39 bits per heavy atom. The van der Waals surface area contributed by atoms with Crippen molar-refractivity contribution >= 4 is 40.9 Å². The number of carbonyl (C=O) groups excluding carboxylic acids is 4. The van der Waals surface area contributed by atoms with Crippen molar-refractivity contribution in [3.63, 3.8) is 0 Å². The van der Waals surface area contributed by atoms with Gasteiger partial charge in [-0.15, -0.1) is 0 Å². The molecule has 0 radical (unpaired) electrons. The number of anilines is 1. The van der Waals surface area contributed by atoms with Crippen molar-refractivity contribution in [1.29, 1.82) is 0 Å². The summed E-state index contributed by atoms with van der Waals surface area (Å²) in [5.74, 6) is -1.75. The van der Waals surface area contributed by atoms with Gasteiger partial charge in [-0.25, -0.2) is 9.69 Å². The van der Waals surface area contributed by atoms with Crippen molar-refractivity contribution < 1.29 is 23.9 Å². The van der Waals surface area contributed by atoms with Gasteiger partial charge in [-0.2, -0.15) is 0 Å². The van der Waals surface area contributed by atoms with E-state index < -0.39 is 23.9 Å². The summed E-state index contributed by atoms with van der Waals surface area (Å²) >= 11 is 5.86. The lowest BCUT2D eigenvalue weighted by molar-refractivity contribution is -0.129. The minimum Gasteiger partial charge on any atom is -0.451 e. The predicted molar refractivity (Wildman–Crippen MR) is 102 cm³/mol. The van der Waals surface area contributed by atoms with Crippen LogP contribution in [0.25, 0.3) is 0 Å². The fraction of sp³-hybridized carbons (Fsp3) is 0.238. The fourth-order valence-electron chi connectivity index (χ4n) is 3.47. The largest absolute Gasteiger partial charge is 0.451 e. The van der Waals surface area contributed by atoms with Crippen molar-refractivity contribution in [2.24, 2.45) is 0 Å². The molecule has 1 saturated carbocycles. The first-order valence-electron chi connectivity index (χ1n) is 8.98. The molecule has 4 rings (SSSR count). The first kappa shape index (κ1) is 18.4. The average Bonchev–Trinajstić information content (AvgIpc) is 2.94. The molecule has 28 heavy (non-hydrogen) atoms. The van der Waals surface area contributed by atoms with Crippen LogP contribution < -0.4 is 4.90 Å². The summed E-state index contributed by atoms with van der Waals surface area (Å²) in [6.07, 6.45) is 1.82. The number of rotatable bonds is 3. The van der Waals surface area contributed by atoms with Gasteiger partial charge in [0.1, 0.15) is 0 Å². The normalized spacial score (nSPS) is 19.0. The maximum absolute atomic E-state index is 12.8. The van der Waals surface area contributed by atoms with Gasteiger partial charge in [-0.1, -0.05) is 11.6 Å². The molecule has 0 spiro atoms. The molecular weight excluding hydrogens is 382 g/mol. The van der Waals surface area contributed by atoms with Crippen LogP contribution in [0, 0.1) is 0 Å². The van der Waals surface area contributed by atoms with Gasteiger partial charge in [0, 0.05) is 11.4 Å². The van der Waals surface area contributed by atoms with E-state index in [1.54, 1.807) is 24.3 Å². The number of benzene rings is 2. The number of hydrogen-bond acceptors (Lipinski definition) is 5. The summed E-state index contributed by atoms with van der Waals surface area (Å²) in [7, 11) is 0. The standard InChI is InChI=1S/C21H16ClNO5/c22-13-6-8-14(9-7-13)23-19(25)15-10-5-12(11-16(15)20(23)26)21(27)28-18-4-2-1-3-17(18)24/h5-11,18H,1-4H2. The zero-order chi connectivity index (χ0) is 19.8. The monoisotopic (exact) mass is 397 g/mol. The molecule has 6 nitrogen and oxygen atoms in total. The van der Waals surface area contributed by atoms with E-state index in [0.717, 1.165) is 17.7 Å². The lowest BCUT2D eigenvalue weighted by Crippen LogP contribution is -2.30. The molecule has 0 bridgehead atoms. The molecule has 0 aromatic heterocycles. The number of esters is 1. The molecule has 1 unspecified atom stereocenters. The Morgan fingerprint density at radius 1 is 0.964 bits per heavy atom. The number of halogens is 1. The predicted octanol–water partition coefficient (Wildman–Crippen LogP) is 3.81. The van der Waals surface area contributed by atoms with E-state index in [4.69, 9.17) is 16.3 Å². The Labute approximate surface area is 166 Å². The summed E-state index contributed by atoms with van der Waals surface area (Å²) in [5.41, 5.74) is 0.873. The first-order valence-corrected chi connectivity index (χ1v) is 9.35. The van der Waals surface area contributed by atoms with Gasteiger partial charge in [0.25, 0.3) is 11.8 Å². The topological polar surface area (TPSA) is 80.8 Å². The minimum absolute atomic E-state index is 0.0825. The number of nitrogens with zero attached hydrogens (tertiary/aromatic N) is 1. The third-order valence-electron chi connectivity index (χ3n) is 4.95. The first-order chi connectivity index (χ1) is 13.5. The van der Waals surface area contributed by atoms with E-state index in [1.807, 2.05) is 0 Å². The molecule has 2 amide bonds. The number of hydrogen-bond donors (Lipinski definition) is 0. The SMILES string of the molecule is O=C(OC1CCCCC1=O)c1ccc2c(c1)C(=O)N(c1ccc(Cl)cc1)C2=O. The Hall–Kier alpha value is -2.99. The van der Waals surface area contributed by atoms with Crippen LogP contribution in [0.2, 0.25) is 5.02 Å². The van der Waals surface area contributed by atoms with Crippen molar-refractivity contribution in [3.05, 3.63) is 64.2 Å². The Morgan fingerprint density at radius 2 is 1.68 bits per heavy atom. The highest BCUT2D eigenvalue weighted by atomic mass is 35.5. The van der Waals surface area contributed by atoms with E-state index in [9.17, 15) is 19.2 Å². The molecule has 1 aliphatic heterocycles. The van der Waals surface area contributed by atoms with Gasteiger partial charge in [0.15, 0.2) is 11.9 Å². The molecule has 1 fully saturated rings. The fourth-order valence-corrected chi connectivity index (χ4v) is 3.59. The lowest BCUT2D eigenvalue weighted by atomic mass is 9.96. The Balaban J connectivity index is 1.59. The van der Waals surface area contributed by atoms with Crippen LogP contribution in [0.4, 0.5) is 5.69 Å². The third kappa shape index (κ3) is 3.20. The van der Waals surface area contributed by atoms with Crippen LogP contribution in [0.1, 0.15) is 56.8 Å². The van der Waals surface area contributed by atoms with Gasteiger partial charge < -0.3 is 4.74 Å². The summed E-state index contributed by atoms with van der Waals surface area (Å²) in [6, 6.07) is 10.5. The molecule has 2 aromatic rings. The van der Waals surface area contributed by atoms with E-state index in [2.05, 4.69) is 0 Å². The summed E-state index contributed by atoms with van der Waals surface area (Å²) < 4.78 is 5.32. The third-order valence-corrected chi connectivity index (χ3v) is 5.21. The minimum atomic E-state index is -0.739. The molecule has 7 heteroatoms. The second kappa shape index (κ2) is 7.20. The van der Waals surface area contributed by atoms with Crippen LogP contribution >= 0.6 is 11.6 Å². The highest BCUT2D eigenvalue weighted by molar-refractivity contribution is 6.35. The van der Waals surface area contributed by atoms with E-state index in [-0.39, 0.29) is 22.5 Å². The number of Topliss-reactive ketones (excluding diaryl/α,β-unsaturated/α-hetero) is 1. The van der Waals surface area contributed by atoms with Crippen molar-refractivity contribution in [2.75, 3.05) is 4.90 Å². The van der Waals surface area contributed by atoms with Crippen LogP contribution in [0.3, 0.4) is 0 Å². The van der Waals surface area contributed by atoms with Crippen molar-refractivity contribution in [1.82, 2.24) is 0 Å². The van der Waals surface area contributed by atoms with Crippen LogP contribution in [0.15, 0.2) is 42.5 Å². The molecular formula is C21H16ClNO5. The second-order valence-electron chi connectivity index (χ2n) is 6.79. The van der Waals surface area contributed by atoms with Gasteiger partial charge in [-0.05, 0) is 61.7 Å². The van der Waals surface area contributed by atoms with Crippen LogP contribution in [0.5, 0.6) is 0 Å². The highest BCUT2D eigenvalue weighted by Crippen LogP contribution is 2.30. The summed E-state index contributed by atoms with van der Waals surface area (Å²) in [5, 5.41) is 0.489. The number of ketones is 1.